The number of hydrogen-bond acceptors (Lipinski definition) is 3. The number of rotatable bonds is 5. The fourth-order valence-electron chi connectivity index (χ4n) is 3.10. The van der Waals surface area contributed by atoms with Crippen LogP contribution in [0.2, 0.25) is 0 Å². The molecule has 0 amide bonds. The van der Waals surface area contributed by atoms with Crippen molar-refractivity contribution >= 4 is 16.5 Å². The van der Waals surface area contributed by atoms with Crippen molar-refractivity contribution in [2.24, 2.45) is 5.73 Å². The van der Waals surface area contributed by atoms with E-state index in [1.807, 2.05) is 18.2 Å². The van der Waals surface area contributed by atoms with E-state index >= 15 is 0 Å². The molecule has 4 N–H and O–H groups in total. The smallest absolute Gasteiger partial charge is 0.124 e. The Balaban J connectivity index is 2.02. The summed E-state index contributed by atoms with van der Waals surface area (Å²) >= 11 is 0. The number of benzene rings is 3. The minimum absolute atomic E-state index is 0.183. The molecule has 1 unspecified atom stereocenters. The van der Waals surface area contributed by atoms with E-state index in [4.69, 9.17) is 16.2 Å². The molecule has 3 aromatic rings. The van der Waals surface area contributed by atoms with E-state index in [1.165, 1.54) is 10.9 Å². The lowest BCUT2D eigenvalue weighted by Gasteiger charge is -2.17. The van der Waals surface area contributed by atoms with E-state index in [-0.39, 0.29) is 6.10 Å². The second-order valence-corrected chi connectivity index (χ2v) is 6.64. The summed E-state index contributed by atoms with van der Waals surface area (Å²) in [5, 5.41) is 2.39. The molecule has 25 heavy (non-hydrogen) atoms. The number of anilines is 1. The topological polar surface area (TPSA) is 61.3 Å². The molecule has 0 bridgehead atoms. The number of fused-ring (bicyclic) bond motifs is 1. The molecule has 3 rings (SSSR count). The average Bonchev–Trinajstić information content (AvgIpc) is 2.61. The van der Waals surface area contributed by atoms with E-state index in [1.54, 1.807) is 0 Å². The quantitative estimate of drug-likeness (QED) is 0.643. The lowest BCUT2D eigenvalue weighted by Crippen LogP contribution is -2.12. The van der Waals surface area contributed by atoms with Gasteiger partial charge < -0.3 is 16.2 Å². The van der Waals surface area contributed by atoms with Crippen LogP contribution in [0.4, 0.5) is 5.69 Å². The van der Waals surface area contributed by atoms with Crippen molar-refractivity contribution < 1.29 is 4.74 Å². The lowest BCUT2D eigenvalue weighted by molar-refractivity contribution is 0.215. The van der Waals surface area contributed by atoms with Gasteiger partial charge in [-0.3, -0.25) is 0 Å². The molecular formula is C22H26N2O. The Hall–Kier alpha value is -2.52. The third-order valence-electron chi connectivity index (χ3n) is 4.70. The minimum atomic E-state index is 0.183. The first-order valence-electron chi connectivity index (χ1n) is 8.81. The first-order valence-corrected chi connectivity index (χ1v) is 8.81. The van der Waals surface area contributed by atoms with Gasteiger partial charge in [0.2, 0.25) is 0 Å². The Morgan fingerprint density at radius 1 is 1.00 bits per heavy atom. The number of nitrogen functional groups attached to an aromatic ring is 1. The van der Waals surface area contributed by atoms with Crippen LogP contribution in [0.25, 0.3) is 21.9 Å². The summed E-state index contributed by atoms with van der Waals surface area (Å²) < 4.78 is 5.98. The Morgan fingerprint density at radius 3 is 2.44 bits per heavy atom. The Morgan fingerprint density at radius 2 is 1.72 bits per heavy atom. The van der Waals surface area contributed by atoms with Gasteiger partial charge >= 0.3 is 0 Å². The summed E-state index contributed by atoms with van der Waals surface area (Å²) in [6, 6.07) is 16.8. The van der Waals surface area contributed by atoms with Crippen molar-refractivity contribution in [1.29, 1.82) is 0 Å². The molecule has 0 radical (unpaired) electrons. The van der Waals surface area contributed by atoms with Gasteiger partial charge in [-0.2, -0.15) is 0 Å². The van der Waals surface area contributed by atoms with Crippen LogP contribution in [0.5, 0.6) is 5.75 Å². The highest BCUT2D eigenvalue weighted by atomic mass is 16.5. The van der Waals surface area contributed by atoms with E-state index < -0.39 is 0 Å². The molecule has 0 heterocycles. The van der Waals surface area contributed by atoms with E-state index in [0.717, 1.165) is 39.9 Å². The van der Waals surface area contributed by atoms with Crippen LogP contribution in [0.1, 0.15) is 31.4 Å². The summed E-state index contributed by atoms with van der Waals surface area (Å²) in [4.78, 5) is 0. The van der Waals surface area contributed by atoms with Gasteiger partial charge in [0.1, 0.15) is 5.75 Å². The molecule has 130 valence electrons. The Bertz CT molecular complexity index is 902. The Kier molecular flexibility index (Phi) is 4.95. The monoisotopic (exact) mass is 334 g/mol. The Labute approximate surface area is 149 Å². The van der Waals surface area contributed by atoms with Gasteiger partial charge in [-0.1, -0.05) is 25.1 Å². The normalized spacial score (nSPS) is 12.3. The maximum Gasteiger partial charge on any atom is 0.124 e. The van der Waals surface area contributed by atoms with Gasteiger partial charge in [0, 0.05) is 17.8 Å². The molecule has 0 saturated carbocycles. The molecule has 0 aliphatic carbocycles. The van der Waals surface area contributed by atoms with Crippen LogP contribution >= 0.6 is 0 Å². The molecule has 0 aliphatic rings. The molecule has 0 spiro atoms. The first kappa shape index (κ1) is 17.3. The molecule has 3 aromatic carbocycles. The zero-order valence-electron chi connectivity index (χ0n) is 15.2. The highest BCUT2D eigenvalue weighted by Crippen LogP contribution is 2.31. The second-order valence-electron chi connectivity index (χ2n) is 6.64. The predicted octanol–water partition coefficient (Wildman–Crippen LogP) is 5.03. The molecule has 3 heteroatoms. The minimum Gasteiger partial charge on any atom is -0.490 e. The van der Waals surface area contributed by atoms with Crippen LogP contribution in [0, 0.1) is 6.92 Å². The largest absolute Gasteiger partial charge is 0.490 e. The van der Waals surface area contributed by atoms with Gasteiger partial charge in [0.15, 0.2) is 0 Å². The van der Waals surface area contributed by atoms with Gasteiger partial charge in [-0.25, -0.2) is 0 Å². The molecule has 0 saturated heterocycles. The van der Waals surface area contributed by atoms with Crippen molar-refractivity contribution in [2.45, 2.75) is 39.8 Å². The van der Waals surface area contributed by atoms with Crippen molar-refractivity contribution in [3.8, 4) is 16.9 Å². The summed E-state index contributed by atoms with van der Waals surface area (Å²) in [5.74, 6) is 0.876. The fourth-order valence-corrected chi connectivity index (χ4v) is 3.10. The SMILES string of the molecule is CCC(C)Oc1ccc(-c2ccc3c(C)cc(N)cc3c2)cc1CN. The summed E-state index contributed by atoms with van der Waals surface area (Å²) in [6.45, 7) is 6.74. The number of hydrogen-bond donors (Lipinski definition) is 2. The van der Waals surface area contributed by atoms with Crippen molar-refractivity contribution in [3.05, 3.63) is 59.7 Å². The van der Waals surface area contributed by atoms with E-state index in [0.29, 0.717) is 6.54 Å². The number of nitrogens with two attached hydrogens (primary N) is 2. The third kappa shape index (κ3) is 3.62. The maximum atomic E-state index is 6.01. The van der Waals surface area contributed by atoms with Crippen molar-refractivity contribution in [3.63, 3.8) is 0 Å². The molecular weight excluding hydrogens is 308 g/mol. The number of ether oxygens (including phenoxy) is 1. The lowest BCUT2D eigenvalue weighted by atomic mass is 9.97. The van der Waals surface area contributed by atoms with Crippen LogP contribution in [0.3, 0.4) is 0 Å². The van der Waals surface area contributed by atoms with Crippen LogP contribution in [-0.2, 0) is 6.54 Å². The molecule has 0 fully saturated rings. The van der Waals surface area contributed by atoms with Gasteiger partial charge in [-0.05, 0) is 78.1 Å². The highest BCUT2D eigenvalue weighted by Gasteiger charge is 2.09. The molecule has 3 nitrogen and oxygen atoms in total. The first-order chi connectivity index (χ1) is 12.0. The van der Waals surface area contributed by atoms with E-state index in [9.17, 15) is 0 Å². The molecule has 0 aliphatic heterocycles. The zero-order chi connectivity index (χ0) is 18.0. The third-order valence-corrected chi connectivity index (χ3v) is 4.70. The van der Waals surface area contributed by atoms with Crippen LogP contribution in [-0.4, -0.2) is 6.10 Å². The van der Waals surface area contributed by atoms with Crippen LogP contribution in [0.15, 0.2) is 48.5 Å². The summed E-state index contributed by atoms with van der Waals surface area (Å²) in [5.41, 5.74) is 17.3. The second kappa shape index (κ2) is 7.16. The summed E-state index contributed by atoms with van der Waals surface area (Å²) in [6.07, 6.45) is 1.15. The molecule has 1 atom stereocenters. The maximum absolute atomic E-state index is 6.01. The van der Waals surface area contributed by atoms with Crippen molar-refractivity contribution in [2.75, 3.05) is 5.73 Å². The van der Waals surface area contributed by atoms with E-state index in [2.05, 4.69) is 51.1 Å². The van der Waals surface area contributed by atoms with Crippen LogP contribution < -0.4 is 16.2 Å². The van der Waals surface area contributed by atoms with Gasteiger partial charge in [0.05, 0.1) is 6.10 Å². The fraction of sp³-hybridized carbons (Fsp3) is 0.273. The summed E-state index contributed by atoms with van der Waals surface area (Å²) in [7, 11) is 0. The average molecular weight is 334 g/mol. The number of aryl methyl sites for hydroxylation is 1. The standard InChI is InChI=1S/C22H26N2O/c1-4-15(3)25-22-8-6-17(11-19(22)13-23)16-5-7-21-14(2)9-20(24)12-18(21)10-16/h5-12,15H,4,13,23-24H2,1-3H3. The molecule has 0 aromatic heterocycles. The predicted molar refractivity (Wildman–Crippen MR) is 107 cm³/mol. The van der Waals surface area contributed by atoms with Gasteiger partial charge in [-0.15, -0.1) is 0 Å². The van der Waals surface area contributed by atoms with Crippen molar-refractivity contribution in [1.82, 2.24) is 0 Å². The zero-order valence-corrected chi connectivity index (χ0v) is 15.2. The van der Waals surface area contributed by atoms with Gasteiger partial charge in [0.25, 0.3) is 0 Å². The highest BCUT2D eigenvalue weighted by molar-refractivity contribution is 5.92.